The van der Waals surface area contributed by atoms with Gasteiger partial charge >= 0.3 is 0 Å². The molecule has 0 radical (unpaired) electrons. The summed E-state index contributed by atoms with van der Waals surface area (Å²) < 4.78 is 11.7. The number of unbranched alkanes of at least 4 members (excludes halogenated alkanes) is 10. The Morgan fingerprint density at radius 1 is 0.606 bits per heavy atom. The van der Waals surface area contributed by atoms with Gasteiger partial charge < -0.3 is 9.47 Å². The molecule has 0 bridgehead atoms. The van der Waals surface area contributed by atoms with Gasteiger partial charge in [-0.15, -0.1) is 0 Å². The molecule has 2 aromatic rings. The minimum atomic E-state index is 0.807. The lowest BCUT2D eigenvalue weighted by Crippen LogP contribution is -1.99. The van der Waals surface area contributed by atoms with Crippen LogP contribution in [-0.2, 0) is 11.2 Å². The van der Waals surface area contributed by atoms with Gasteiger partial charge in [-0.2, -0.15) is 0 Å². The van der Waals surface area contributed by atoms with E-state index in [9.17, 15) is 0 Å². The highest BCUT2D eigenvalue weighted by Gasteiger charge is 2.02. The van der Waals surface area contributed by atoms with Crippen molar-refractivity contribution in [3.63, 3.8) is 0 Å². The molecule has 1 aromatic heterocycles. The van der Waals surface area contributed by atoms with Gasteiger partial charge in [-0.05, 0) is 61.6 Å². The molecular weight excluding hydrogens is 406 g/mol. The fourth-order valence-electron chi connectivity index (χ4n) is 4.00. The molecule has 1 aromatic carbocycles. The van der Waals surface area contributed by atoms with Crippen LogP contribution in [0.5, 0.6) is 5.75 Å². The van der Waals surface area contributed by atoms with E-state index < -0.39 is 0 Å². The van der Waals surface area contributed by atoms with Gasteiger partial charge in [0.05, 0.1) is 12.3 Å². The molecule has 0 saturated heterocycles. The Labute approximate surface area is 203 Å². The van der Waals surface area contributed by atoms with E-state index in [1.807, 2.05) is 6.20 Å². The first-order valence-corrected chi connectivity index (χ1v) is 13.6. The van der Waals surface area contributed by atoms with Gasteiger partial charge in [0, 0.05) is 25.0 Å². The topological polar surface area (TPSA) is 31.4 Å². The fourth-order valence-corrected chi connectivity index (χ4v) is 4.00. The van der Waals surface area contributed by atoms with Gasteiger partial charge in [-0.1, -0.05) is 84.1 Å². The molecule has 1 heterocycles. The summed E-state index contributed by atoms with van der Waals surface area (Å²) in [5.41, 5.74) is 3.43. The molecular formula is C30H47NO2. The van der Waals surface area contributed by atoms with Crippen molar-refractivity contribution in [2.24, 2.45) is 0 Å². The van der Waals surface area contributed by atoms with Gasteiger partial charge in [0.15, 0.2) is 0 Å². The van der Waals surface area contributed by atoms with E-state index in [4.69, 9.17) is 9.47 Å². The monoisotopic (exact) mass is 453 g/mol. The van der Waals surface area contributed by atoms with Crippen LogP contribution in [0, 0.1) is 0 Å². The Morgan fingerprint density at radius 2 is 1.21 bits per heavy atom. The normalized spacial score (nSPS) is 11.1. The molecule has 33 heavy (non-hydrogen) atoms. The van der Waals surface area contributed by atoms with E-state index in [0.717, 1.165) is 56.1 Å². The summed E-state index contributed by atoms with van der Waals surface area (Å²) in [6.45, 7) is 7.07. The lowest BCUT2D eigenvalue weighted by Gasteiger charge is -2.08. The highest BCUT2D eigenvalue weighted by molar-refractivity contribution is 5.60. The third-order valence-corrected chi connectivity index (χ3v) is 6.14. The van der Waals surface area contributed by atoms with Crippen LogP contribution >= 0.6 is 0 Å². The first-order chi connectivity index (χ1) is 16.3. The Kier molecular flexibility index (Phi) is 15.4. The Bertz CT molecular complexity index is 696. The number of pyridine rings is 1. The molecule has 0 amide bonds. The highest BCUT2D eigenvalue weighted by Crippen LogP contribution is 2.21. The minimum absolute atomic E-state index is 0.807. The van der Waals surface area contributed by atoms with E-state index >= 15 is 0 Å². The maximum absolute atomic E-state index is 5.89. The summed E-state index contributed by atoms with van der Waals surface area (Å²) in [6.07, 6.45) is 19.7. The number of aryl methyl sites for hydroxylation is 1. The molecule has 0 aliphatic carbocycles. The molecule has 0 saturated carbocycles. The third-order valence-electron chi connectivity index (χ3n) is 6.14. The summed E-state index contributed by atoms with van der Waals surface area (Å²) in [5, 5.41) is 0. The molecule has 3 heteroatoms. The Balaban J connectivity index is 1.58. The van der Waals surface area contributed by atoms with E-state index in [2.05, 4.69) is 55.2 Å². The quantitative estimate of drug-likeness (QED) is 0.188. The molecule has 0 aliphatic rings. The maximum Gasteiger partial charge on any atom is 0.119 e. The summed E-state index contributed by atoms with van der Waals surface area (Å²) in [6, 6.07) is 12.6. The van der Waals surface area contributed by atoms with E-state index in [0.29, 0.717) is 0 Å². The maximum atomic E-state index is 5.89. The first-order valence-electron chi connectivity index (χ1n) is 13.6. The van der Waals surface area contributed by atoms with Gasteiger partial charge in [0.1, 0.15) is 5.75 Å². The average Bonchev–Trinajstić information content (AvgIpc) is 2.85. The van der Waals surface area contributed by atoms with Crippen LogP contribution in [-0.4, -0.2) is 24.8 Å². The number of aromatic nitrogens is 1. The molecule has 0 aliphatic heterocycles. The zero-order valence-electron chi connectivity index (χ0n) is 21.3. The number of rotatable bonds is 20. The molecule has 0 fully saturated rings. The zero-order valence-corrected chi connectivity index (χ0v) is 21.3. The van der Waals surface area contributed by atoms with Gasteiger partial charge in [0.25, 0.3) is 0 Å². The zero-order chi connectivity index (χ0) is 23.4. The SMILES string of the molecule is CCCCCCCCOCCCc1ccc(-c2ccc(OCCCCCCCC)cc2)nc1. The van der Waals surface area contributed by atoms with E-state index in [-0.39, 0.29) is 0 Å². The largest absolute Gasteiger partial charge is 0.494 e. The van der Waals surface area contributed by atoms with Crippen molar-refractivity contribution in [2.45, 2.75) is 104 Å². The van der Waals surface area contributed by atoms with Gasteiger partial charge in [0.2, 0.25) is 0 Å². The fraction of sp³-hybridized carbons (Fsp3) is 0.633. The van der Waals surface area contributed by atoms with Crippen molar-refractivity contribution in [3.05, 3.63) is 48.2 Å². The second-order valence-electron chi connectivity index (χ2n) is 9.18. The minimum Gasteiger partial charge on any atom is -0.494 e. The highest BCUT2D eigenvalue weighted by atomic mass is 16.5. The molecule has 3 nitrogen and oxygen atoms in total. The van der Waals surface area contributed by atoms with Crippen LogP contribution in [0.3, 0.4) is 0 Å². The summed E-state index contributed by atoms with van der Waals surface area (Å²) in [4.78, 5) is 4.67. The lowest BCUT2D eigenvalue weighted by molar-refractivity contribution is 0.127. The predicted octanol–water partition coefficient (Wildman–Crippen LogP) is 8.80. The van der Waals surface area contributed by atoms with Crippen LogP contribution in [0.2, 0.25) is 0 Å². The van der Waals surface area contributed by atoms with Crippen molar-refractivity contribution >= 4 is 0 Å². The number of nitrogens with zero attached hydrogens (tertiary/aromatic N) is 1. The Morgan fingerprint density at radius 3 is 1.85 bits per heavy atom. The van der Waals surface area contributed by atoms with Crippen molar-refractivity contribution in [3.8, 4) is 17.0 Å². The summed E-state index contributed by atoms with van der Waals surface area (Å²) in [7, 11) is 0. The summed E-state index contributed by atoms with van der Waals surface area (Å²) in [5.74, 6) is 0.949. The van der Waals surface area contributed by atoms with Crippen molar-refractivity contribution < 1.29 is 9.47 Å². The van der Waals surface area contributed by atoms with E-state index in [1.54, 1.807) is 0 Å². The summed E-state index contributed by atoms with van der Waals surface area (Å²) >= 11 is 0. The first kappa shape index (κ1) is 27.4. The second-order valence-corrected chi connectivity index (χ2v) is 9.18. The van der Waals surface area contributed by atoms with Crippen LogP contribution in [0.25, 0.3) is 11.3 Å². The van der Waals surface area contributed by atoms with Crippen molar-refractivity contribution in [1.29, 1.82) is 0 Å². The Hall–Kier alpha value is -1.87. The van der Waals surface area contributed by atoms with Gasteiger partial charge in [-0.3, -0.25) is 4.98 Å². The van der Waals surface area contributed by atoms with Crippen LogP contribution < -0.4 is 4.74 Å². The predicted molar refractivity (Wildman–Crippen MR) is 141 cm³/mol. The molecule has 184 valence electrons. The van der Waals surface area contributed by atoms with E-state index in [1.165, 1.54) is 76.2 Å². The number of hydrogen-bond acceptors (Lipinski definition) is 3. The van der Waals surface area contributed by atoms with Crippen LogP contribution in [0.4, 0.5) is 0 Å². The van der Waals surface area contributed by atoms with Crippen molar-refractivity contribution in [2.75, 3.05) is 19.8 Å². The average molecular weight is 454 g/mol. The van der Waals surface area contributed by atoms with Gasteiger partial charge in [-0.25, -0.2) is 0 Å². The van der Waals surface area contributed by atoms with Crippen LogP contribution in [0.15, 0.2) is 42.6 Å². The third kappa shape index (κ3) is 12.8. The molecule has 0 N–H and O–H groups in total. The van der Waals surface area contributed by atoms with Crippen LogP contribution in [0.1, 0.15) is 103 Å². The molecule has 0 atom stereocenters. The molecule has 0 unspecified atom stereocenters. The van der Waals surface area contributed by atoms with Crippen molar-refractivity contribution in [1.82, 2.24) is 4.98 Å². The smallest absolute Gasteiger partial charge is 0.119 e. The molecule has 2 rings (SSSR count). The number of ether oxygens (including phenoxy) is 2. The molecule has 0 spiro atoms. The lowest BCUT2D eigenvalue weighted by atomic mass is 10.1. The number of hydrogen-bond donors (Lipinski definition) is 0. The standard InChI is InChI=1S/C30H47NO2/c1-3-5-7-9-11-13-23-32-24-15-16-27-17-22-30(31-26-27)28-18-20-29(21-19-28)33-25-14-12-10-8-6-4-2/h17-22,26H,3-16,23-25H2,1-2H3. The second kappa shape index (κ2) is 18.5. The number of benzene rings is 1.